The Kier molecular flexibility index (Phi) is 2.07. The van der Waals surface area contributed by atoms with Gasteiger partial charge in [-0.25, -0.2) is 0 Å². The fraction of sp³-hybridized carbons (Fsp3) is 0.200. The van der Waals surface area contributed by atoms with Gasteiger partial charge in [0.1, 0.15) is 0 Å². The predicted octanol–water partition coefficient (Wildman–Crippen LogP) is 1.83. The van der Waals surface area contributed by atoms with Crippen molar-refractivity contribution in [2.45, 2.75) is 12.5 Å². The SMILES string of the molecule is O=[N+]([O-])C1CC=Cc2c1ccc(O)c2O. The summed E-state index contributed by atoms with van der Waals surface area (Å²) in [7, 11) is 0. The number of aromatic hydroxyl groups is 2. The largest absolute Gasteiger partial charge is 0.504 e. The van der Waals surface area contributed by atoms with E-state index in [0.29, 0.717) is 17.5 Å². The van der Waals surface area contributed by atoms with E-state index in [0.717, 1.165) is 0 Å². The van der Waals surface area contributed by atoms with Crippen LogP contribution in [-0.2, 0) is 0 Å². The Hall–Kier alpha value is -2.04. The van der Waals surface area contributed by atoms with Crippen LogP contribution in [0, 0.1) is 10.1 Å². The highest BCUT2D eigenvalue weighted by Gasteiger charge is 2.28. The summed E-state index contributed by atoms with van der Waals surface area (Å²) in [6.07, 6.45) is 3.52. The third-order valence-corrected chi connectivity index (χ3v) is 2.49. The Morgan fingerprint density at radius 2 is 2.13 bits per heavy atom. The van der Waals surface area contributed by atoms with Gasteiger partial charge < -0.3 is 10.2 Å². The van der Waals surface area contributed by atoms with Crippen molar-refractivity contribution in [3.63, 3.8) is 0 Å². The number of hydrogen-bond donors (Lipinski definition) is 2. The Bertz CT molecular complexity index is 453. The van der Waals surface area contributed by atoms with Crippen LogP contribution in [0.3, 0.4) is 0 Å². The molecule has 0 amide bonds. The molecule has 0 spiro atoms. The van der Waals surface area contributed by atoms with Crippen molar-refractivity contribution in [1.29, 1.82) is 0 Å². The number of phenols is 2. The van der Waals surface area contributed by atoms with E-state index in [4.69, 9.17) is 0 Å². The van der Waals surface area contributed by atoms with Gasteiger partial charge in [0.2, 0.25) is 6.04 Å². The molecule has 1 unspecified atom stereocenters. The molecule has 0 aromatic heterocycles. The fourth-order valence-corrected chi connectivity index (χ4v) is 1.72. The summed E-state index contributed by atoms with van der Waals surface area (Å²) < 4.78 is 0. The minimum absolute atomic E-state index is 0.262. The Morgan fingerprint density at radius 1 is 1.40 bits per heavy atom. The first kappa shape index (κ1) is 9.51. The summed E-state index contributed by atoms with van der Waals surface area (Å²) in [5.41, 5.74) is 0.778. The number of fused-ring (bicyclic) bond motifs is 1. The van der Waals surface area contributed by atoms with Crippen LogP contribution in [0.25, 0.3) is 6.08 Å². The van der Waals surface area contributed by atoms with Crippen molar-refractivity contribution in [3.05, 3.63) is 39.4 Å². The topological polar surface area (TPSA) is 83.6 Å². The molecule has 1 aromatic rings. The normalized spacial score (nSPS) is 18.5. The molecule has 2 rings (SSSR count). The monoisotopic (exact) mass is 207 g/mol. The van der Waals surface area contributed by atoms with Gasteiger partial charge in [0.05, 0.1) is 0 Å². The molecule has 1 aliphatic rings. The summed E-state index contributed by atoms with van der Waals surface area (Å²) in [5.74, 6) is -0.558. The first-order valence-electron chi connectivity index (χ1n) is 4.46. The fourth-order valence-electron chi connectivity index (χ4n) is 1.72. The van der Waals surface area contributed by atoms with E-state index in [1.165, 1.54) is 12.1 Å². The molecule has 0 saturated heterocycles. The number of phenolic OH excluding ortho intramolecular Hbond substituents is 2. The van der Waals surface area contributed by atoms with Crippen LogP contribution in [0.4, 0.5) is 0 Å². The van der Waals surface area contributed by atoms with E-state index >= 15 is 0 Å². The van der Waals surface area contributed by atoms with Crippen LogP contribution in [0.5, 0.6) is 11.5 Å². The molecule has 0 aliphatic heterocycles. The van der Waals surface area contributed by atoms with Crippen LogP contribution in [0.1, 0.15) is 23.6 Å². The Balaban J connectivity index is 2.60. The van der Waals surface area contributed by atoms with Crippen molar-refractivity contribution in [2.24, 2.45) is 0 Å². The van der Waals surface area contributed by atoms with E-state index < -0.39 is 11.0 Å². The van der Waals surface area contributed by atoms with E-state index in [1.807, 2.05) is 0 Å². The minimum Gasteiger partial charge on any atom is -0.504 e. The molecule has 78 valence electrons. The van der Waals surface area contributed by atoms with Gasteiger partial charge in [0.25, 0.3) is 0 Å². The maximum absolute atomic E-state index is 10.7. The van der Waals surface area contributed by atoms with Crippen LogP contribution < -0.4 is 0 Å². The lowest BCUT2D eigenvalue weighted by Crippen LogP contribution is -2.13. The van der Waals surface area contributed by atoms with Gasteiger partial charge in [0, 0.05) is 22.5 Å². The first-order valence-corrected chi connectivity index (χ1v) is 4.46. The molecule has 0 heterocycles. The third-order valence-electron chi connectivity index (χ3n) is 2.49. The van der Waals surface area contributed by atoms with E-state index in [2.05, 4.69) is 0 Å². The van der Waals surface area contributed by atoms with Crippen LogP contribution in [-0.4, -0.2) is 15.1 Å². The summed E-state index contributed by atoms with van der Waals surface area (Å²) in [4.78, 5) is 10.4. The second-order valence-electron chi connectivity index (χ2n) is 3.38. The van der Waals surface area contributed by atoms with Crippen LogP contribution in [0.15, 0.2) is 18.2 Å². The lowest BCUT2D eigenvalue weighted by atomic mass is 9.92. The Morgan fingerprint density at radius 3 is 2.80 bits per heavy atom. The van der Waals surface area contributed by atoms with Crippen LogP contribution >= 0.6 is 0 Å². The maximum atomic E-state index is 10.7. The molecule has 5 nitrogen and oxygen atoms in total. The zero-order valence-corrected chi connectivity index (χ0v) is 7.75. The molecule has 0 fully saturated rings. The average molecular weight is 207 g/mol. The smallest absolute Gasteiger partial charge is 0.242 e. The number of hydrogen-bond acceptors (Lipinski definition) is 4. The lowest BCUT2D eigenvalue weighted by molar-refractivity contribution is -0.528. The maximum Gasteiger partial charge on any atom is 0.242 e. The second-order valence-corrected chi connectivity index (χ2v) is 3.38. The van der Waals surface area contributed by atoms with Crippen molar-refractivity contribution < 1.29 is 15.1 Å². The molecular formula is C10H9NO4. The molecule has 15 heavy (non-hydrogen) atoms. The quantitative estimate of drug-likeness (QED) is 0.418. The number of benzene rings is 1. The highest BCUT2D eigenvalue weighted by atomic mass is 16.6. The molecule has 2 N–H and O–H groups in total. The van der Waals surface area contributed by atoms with E-state index in [1.54, 1.807) is 12.2 Å². The minimum atomic E-state index is -0.837. The molecule has 5 heteroatoms. The van der Waals surface area contributed by atoms with Gasteiger partial charge in [-0.15, -0.1) is 0 Å². The molecule has 1 aromatic carbocycles. The summed E-state index contributed by atoms with van der Waals surface area (Å²) in [5, 5.41) is 29.5. The lowest BCUT2D eigenvalue weighted by Gasteiger charge is -2.16. The van der Waals surface area contributed by atoms with E-state index in [-0.39, 0.29) is 11.5 Å². The van der Waals surface area contributed by atoms with Crippen molar-refractivity contribution in [3.8, 4) is 11.5 Å². The Labute approximate surface area is 85.4 Å². The second kappa shape index (κ2) is 3.27. The molecule has 1 atom stereocenters. The predicted molar refractivity (Wildman–Crippen MR) is 53.2 cm³/mol. The highest BCUT2D eigenvalue weighted by molar-refractivity contribution is 5.67. The van der Waals surface area contributed by atoms with Crippen molar-refractivity contribution in [2.75, 3.05) is 0 Å². The molecular weight excluding hydrogens is 198 g/mol. The van der Waals surface area contributed by atoms with Gasteiger partial charge in [0.15, 0.2) is 11.5 Å². The highest BCUT2D eigenvalue weighted by Crippen LogP contribution is 2.39. The van der Waals surface area contributed by atoms with Crippen molar-refractivity contribution >= 4 is 6.08 Å². The zero-order chi connectivity index (χ0) is 11.0. The number of rotatable bonds is 1. The number of nitro groups is 1. The molecule has 0 bridgehead atoms. The summed E-state index contributed by atoms with van der Waals surface area (Å²) in [6, 6.07) is 1.90. The molecule has 0 radical (unpaired) electrons. The first-order chi connectivity index (χ1) is 7.11. The molecule has 0 saturated carbocycles. The standard InChI is InChI=1S/C10H9NO4/c12-9-5-4-6-7(10(9)13)2-1-3-8(6)11(14)15/h1-2,4-5,8,12-13H,3H2. The van der Waals surface area contributed by atoms with E-state index in [9.17, 15) is 20.3 Å². The van der Waals surface area contributed by atoms with Gasteiger partial charge in [-0.3, -0.25) is 10.1 Å². The average Bonchev–Trinajstić information content (AvgIpc) is 2.23. The number of nitrogens with zero attached hydrogens (tertiary/aromatic N) is 1. The zero-order valence-electron chi connectivity index (χ0n) is 7.75. The van der Waals surface area contributed by atoms with Gasteiger partial charge in [-0.2, -0.15) is 0 Å². The van der Waals surface area contributed by atoms with Gasteiger partial charge >= 0.3 is 0 Å². The van der Waals surface area contributed by atoms with Gasteiger partial charge in [-0.1, -0.05) is 12.2 Å². The summed E-state index contributed by atoms with van der Waals surface area (Å²) >= 11 is 0. The van der Waals surface area contributed by atoms with Gasteiger partial charge in [-0.05, 0) is 12.1 Å². The van der Waals surface area contributed by atoms with Crippen molar-refractivity contribution in [1.82, 2.24) is 0 Å². The third kappa shape index (κ3) is 1.41. The molecule has 1 aliphatic carbocycles. The summed E-state index contributed by atoms with van der Waals surface area (Å²) in [6.45, 7) is 0. The van der Waals surface area contributed by atoms with Crippen LogP contribution in [0.2, 0.25) is 0 Å².